The molecule has 1 aromatic carbocycles. The number of hydrogen-bond acceptors (Lipinski definition) is 1. The Kier molecular flexibility index (Phi) is 3.45. The van der Waals surface area contributed by atoms with Crippen LogP contribution in [0.5, 0.6) is 0 Å². The summed E-state index contributed by atoms with van der Waals surface area (Å²) in [5, 5.41) is 3.00. The lowest BCUT2D eigenvalue weighted by Crippen LogP contribution is -2.38. The minimum atomic E-state index is -2.88. The lowest BCUT2D eigenvalue weighted by atomic mass is 10.0. The molecule has 1 atom stereocenters. The summed E-state index contributed by atoms with van der Waals surface area (Å²) in [4.78, 5) is 0. The molecular formula is C10H12ClF2N. The minimum Gasteiger partial charge on any atom is -0.312 e. The topological polar surface area (TPSA) is 12.0 Å². The molecular weight excluding hydrogens is 208 g/mol. The molecule has 0 fully saturated rings. The molecule has 0 spiro atoms. The second-order valence-electron chi connectivity index (χ2n) is 3.14. The van der Waals surface area contributed by atoms with Crippen molar-refractivity contribution in [1.29, 1.82) is 0 Å². The molecule has 0 aliphatic rings. The second kappa shape index (κ2) is 4.24. The SMILES string of the molecule is CNC(C)C(F)(F)c1ccc(Cl)cc1. The van der Waals surface area contributed by atoms with E-state index in [0.717, 1.165) is 0 Å². The maximum atomic E-state index is 13.6. The maximum absolute atomic E-state index is 13.6. The van der Waals surface area contributed by atoms with E-state index in [-0.39, 0.29) is 5.56 Å². The normalized spacial score (nSPS) is 14.1. The monoisotopic (exact) mass is 219 g/mol. The van der Waals surface area contributed by atoms with Crippen LogP contribution in [0.3, 0.4) is 0 Å². The maximum Gasteiger partial charge on any atom is 0.287 e. The molecule has 4 heteroatoms. The van der Waals surface area contributed by atoms with Crippen LogP contribution >= 0.6 is 11.6 Å². The molecule has 0 aromatic heterocycles. The van der Waals surface area contributed by atoms with E-state index in [1.165, 1.54) is 38.2 Å². The first-order chi connectivity index (χ1) is 6.48. The highest BCUT2D eigenvalue weighted by Crippen LogP contribution is 2.31. The van der Waals surface area contributed by atoms with Crippen LogP contribution in [0.4, 0.5) is 8.78 Å². The van der Waals surface area contributed by atoms with Crippen LogP contribution in [0.25, 0.3) is 0 Å². The Morgan fingerprint density at radius 2 is 1.79 bits per heavy atom. The van der Waals surface area contributed by atoms with Gasteiger partial charge in [-0.25, -0.2) is 0 Å². The second-order valence-corrected chi connectivity index (χ2v) is 3.58. The fourth-order valence-electron chi connectivity index (χ4n) is 1.10. The number of likely N-dealkylation sites (N-methyl/N-ethyl adjacent to an activating group) is 1. The number of hydrogen-bond donors (Lipinski definition) is 1. The van der Waals surface area contributed by atoms with E-state index < -0.39 is 12.0 Å². The van der Waals surface area contributed by atoms with Crippen molar-refractivity contribution in [3.05, 3.63) is 34.9 Å². The molecule has 0 saturated carbocycles. The Labute approximate surface area is 87.1 Å². The minimum absolute atomic E-state index is 0.0243. The Morgan fingerprint density at radius 3 is 2.21 bits per heavy atom. The van der Waals surface area contributed by atoms with E-state index in [1.807, 2.05) is 0 Å². The van der Waals surface area contributed by atoms with Crippen LogP contribution < -0.4 is 5.32 Å². The molecule has 0 heterocycles. The molecule has 1 nitrogen and oxygen atoms in total. The Balaban J connectivity index is 2.97. The van der Waals surface area contributed by atoms with Gasteiger partial charge >= 0.3 is 0 Å². The number of halogens is 3. The summed E-state index contributed by atoms with van der Waals surface area (Å²) in [6.07, 6.45) is 0. The summed E-state index contributed by atoms with van der Waals surface area (Å²) in [7, 11) is 1.51. The number of nitrogens with one attached hydrogen (secondary N) is 1. The molecule has 1 aromatic rings. The van der Waals surface area contributed by atoms with Crippen molar-refractivity contribution in [3.63, 3.8) is 0 Å². The van der Waals surface area contributed by atoms with Crippen molar-refractivity contribution in [3.8, 4) is 0 Å². The molecule has 0 aliphatic carbocycles. The van der Waals surface area contributed by atoms with Crippen molar-refractivity contribution in [1.82, 2.24) is 5.32 Å². The van der Waals surface area contributed by atoms with E-state index in [1.54, 1.807) is 0 Å². The van der Waals surface area contributed by atoms with Gasteiger partial charge in [-0.15, -0.1) is 0 Å². The third-order valence-electron chi connectivity index (χ3n) is 2.21. The molecule has 0 amide bonds. The van der Waals surface area contributed by atoms with Crippen LogP contribution in [-0.2, 0) is 5.92 Å². The van der Waals surface area contributed by atoms with Crippen LogP contribution in [0.2, 0.25) is 5.02 Å². The van der Waals surface area contributed by atoms with Crippen LogP contribution in [-0.4, -0.2) is 13.1 Å². The van der Waals surface area contributed by atoms with Gasteiger partial charge in [0.1, 0.15) is 0 Å². The van der Waals surface area contributed by atoms with Gasteiger partial charge in [0.05, 0.1) is 6.04 Å². The third kappa shape index (κ3) is 2.22. The fraction of sp³-hybridized carbons (Fsp3) is 0.400. The predicted octanol–water partition coefficient (Wildman–Crippen LogP) is 3.04. The zero-order chi connectivity index (χ0) is 10.8. The standard InChI is InChI=1S/C10H12ClF2N/c1-7(14-2)10(12,13)8-3-5-9(11)6-4-8/h3-7,14H,1-2H3. The Hall–Kier alpha value is -0.670. The van der Waals surface area contributed by atoms with Gasteiger partial charge in [-0.05, 0) is 26.1 Å². The molecule has 1 N–H and O–H groups in total. The molecule has 0 radical (unpaired) electrons. The van der Waals surface area contributed by atoms with Crippen molar-refractivity contribution < 1.29 is 8.78 Å². The van der Waals surface area contributed by atoms with Crippen molar-refractivity contribution in [2.45, 2.75) is 18.9 Å². The largest absolute Gasteiger partial charge is 0.312 e. The zero-order valence-corrected chi connectivity index (χ0v) is 8.78. The lowest BCUT2D eigenvalue weighted by Gasteiger charge is -2.23. The highest BCUT2D eigenvalue weighted by Gasteiger charge is 2.37. The zero-order valence-electron chi connectivity index (χ0n) is 8.02. The van der Waals surface area contributed by atoms with E-state index >= 15 is 0 Å². The van der Waals surface area contributed by atoms with E-state index in [2.05, 4.69) is 5.32 Å². The summed E-state index contributed by atoms with van der Waals surface area (Å²) in [5.74, 6) is -2.88. The Morgan fingerprint density at radius 1 is 1.29 bits per heavy atom. The first-order valence-corrected chi connectivity index (χ1v) is 4.67. The average molecular weight is 220 g/mol. The van der Waals surface area contributed by atoms with Crippen molar-refractivity contribution in [2.24, 2.45) is 0 Å². The highest BCUT2D eigenvalue weighted by atomic mass is 35.5. The molecule has 0 aliphatic heterocycles. The molecule has 78 valence electrons. The van der Waals surface area contributed by atoms with Gasteiger partial charge in [-0.1, -0.05) is 23.7 Å². The van der Waals surface area contributed by atoms with Gasteiger partial charge < -0.3 is 5.32 Å². The van der Waals surface area contributed by atoms with Gasteiger partial charge in [0.25, 0.3) is 5.92 Å². The molecule has 1 rings (SSSR count). The fourth-order valence-corrected chi connectivity index (χ4v) is 1.23. The predicted molar refractivity (Wildman–Crippen MR) is 53.9 cm³/mol. The highest BCUT2D eigenvalue weighted by molar-refractivity contribution is 6.30. The molecule has 1 unspecified atom stereocenters. The summed E-state index contributed by atoms with van der Waals surface area (Å²) >= 11 is 5.61. The van der Waals surface area contributed by atoms with E-state index in [9.17, 15) is 8.78 Å². The summed E-state index contributed by atoms with van der Waals surface area (Å²) in [5.41, 5.74) is -0.0243. The average Bonchev–Trinajstić information content (AvgIpc) is 2.17. The van der Waals surface area contributed by atoms with Gasteiger partial charge in [0.15, 0.2) is 0 Å². The smallest absolute Gasteiger partial charge is 0.287 e. The van der Waals surface area contributed by atoms with Gasteiger partial charge in [-0.3, -0.25) is 0 Å². The quantitative estimate of drug-likeness (QED) is 0.824. The Bertz CT molecular complexity index is 297. The molecule has 0 bridgehead atoms. The lowest BCUT2D eigenvalue weighted by molar-refractivity contribution is -0.0354. The van der Waals surface area contributed by atoms with Gasteiger partial charge in [-0.2, -0.15) is 8.78 Å². The van der Waals surface area contributed by atoms with Crippen molar-refractivity contribution >= 4 is 11.6 Å². The van der Waals surface area contributed by atoms with Crippen LogP contribution in [0.15, 0.2) is 24.3 Å². The first kappa shape index (κ1) is 11.4. The number of rotatable bonds is 3. The summed E-state index contributed by atoms with van der Waals surface area (Å²) < 4.78 is 27.2. The van der Waals surface area contributed by atoms with Crippen LogP contribution in [0, 0.1) is 0 Å². The third-order valence-corrected chi connectivity index (χ3v) is 2.46. The van der Waals surface area contributed by atoms with Crippen LogP contribution in [0.1, 0.15) is 12.5 Å². The van der Waals surface area contributed by atoms with E-state index in [0.29, 0.717) is 5.02 Å². The van der Waals surface area contributed by atoms with Crippen molar-refractivity contribution in [2.75, 3.05) is 7.05 Å². The molecule has 0 saturated heterocycles. The number of benzene rings is 1. The van der Waals surface area contributed by atoms with E-state index in [4.69, 9.17) is 11.6 Å². The first-order valence-electron chi connectivity index (χ1n) is 4.29. The van der Waals surface area contributed by atoms with Gasteiger partial charge in [0.2, 0.25) is 0 Å². The van der Waals surface area contributed by atoms with Gasteiger partial charge in [0, 0.05) is 10.6 Å². The number of alkyl halides is 2. The summed E-state index contributed by atoms with van der Waals surface area (Å²) in [6.45, 7) is 1.44. The molecule has 14 heavy (non-hydrogen) atoms. The summed E-state index contributed by atoms with van der Waals surface area (Å²) in [6, 6.07) is 4.72.